The maximum absolute atomic E-state index is 2.20. The minimum Gasteiger partial charge on any atom is -0.151 e. The lowest BCUT2D eigenvalue weighted by atomic mass is 10.1. The van der Waals surface area contributed by atoms with Gasteiger partial charge in [-0.2, -0.15) is 11.3 Å². The van der Waals surface area contributed by atoms with E-state index >= 15 is 0 Å². The molecular formula is C13H16S. The number of benzene rings is 1. The second-order valence-corrected chi connectivity index (χ2v) is 3.58. The first-order valence-corrected chi connectivity index (χ1v) is 5.90. The molecule has 0 bridgehead atoms. The molecule has 0 nitrogen and oxygen atoms in total. The van der Waals surface area contributed by atoms with Gasteiger partial charge in [0.15, 0.2) is 0 Å². The lowest BCUT2D eigenvalue weighted by Gasteiger charge is -1.97. The SMILES string of the molecule is CC.Cc1cscc1-c1ccccc1. The highest BCUT2D eigenvalue weighted by Gasteiger charge is 1.99. The van der Waals surface area contributed by atoms with E-state index in [0.717, 1.165) is 0 Å². The molecule has 0 spiro atoms. The Morgan fingerprint density at radius 1 is 0.929 bits per heavy atom. The van der Waals surface area contributed by atoms with E-state index in [1.165, 1.54) is 16.7 Å². The maximum atomic E-state index is 2.20. The molecule has 0 amide bonds. The fraction of sp³-hybridized carbons (Fsp3) is 0.231. The summed E-state index contributed by atoms with van der Waals surface area (Å²) in [6.45, 7) is 6.15. The second-order valence-electron chi connectivity index (χ2n) is 2.83. The zero-order valence-corrected chi connectivity index (χ0v) is 9.77. The van der Waals surface area contributed by atoms with E-state index in [9.17, 15) is 0 Å². The van der Waals surface area contributed by atoms with Gasteiger partial charge in [0.25, 0.3) is 0 Å². The van der Waals surface area contributed by atoms with Crippen LogP contribution in [0.3, 0.4) is 0 Å². The van der Waals surface area contributed by atoms with Gasteiger partial charge in [-0.3, -0.25) is 0 Å². The highest BCUT2D eigenvalue weighted by atomic mass is 32.1. The van der Waals surface area contributed by atoms with Crippen molar-refractivity contribution in [2.45, 2.75) is 20.8 Å². The average molecular weight is 204 g/mol. The van der Waals surface area contributed by atoms with Crippen LogP contribution in [0.2, 0.25) is 0 Å². The van der Waals surface area contributed by atoms with Crippen LogP contribution < -0.4 is 0 Å². The predicted molar refractivity (Wildman–Crippen MR) is 65.8 cm³/mol. The summed E-state index contributed by atoms with van der Waals surface area (Å²) in [6.07, 6.45) is 0. The average Bonchev–Trinajstić information content (AvgIpc) is 2.69. The molecular weight excluding hydrogens is 188 g/mol. The van der Waals surface area contributed by atoms with Gasteiger partial charge in [-0.1, -0.05) is 44.2 Å². The number of aryl methyl sites for hydroxylation is 1. The molecule has 1 aromatic heterocycles. The third-order valence-corrected chi connectivity index (χ3v) is 2.80. The normalized spacial score (nSPS) is 9.07. The molecule has 14 heavy (non-hydrogen) atoms. The van der Waals surface area contributed by atoms with Gasteiger partial charge in [-0.05, 0) is 34.4 Å². The molecule has 2 aromatic rings. The van der Waals surface area contributed by atoms with Crippen LogP contribution in [0, 0.1) is 6.92 Å². The number of hydrogen-bond acceptors (Lipinski definition) is 1. The Morgan fingerprint density at radius 2 is 1.57 bits per heavy atom. The molecule has 0 aliphatic carbocycles. The van der Waals surface area contributed by atoms with E-state index < -0.39 is 0 Å². The Balaban J connectivity index is 0.000000461. The Hall–Kier alpha value is -1.08. The zero-order valence-electron chi connectivity index (χ0n) is 8.95. The summed E-state index contributed by atoms with van der Waals surface area (Å²) >= 11 is 1.76. The molecule has 1 heteroatoms. The molecule has 0 atom stereocenters. The molecule has 74 valence electrons. The molecule has 0 radical (unpaired) electrons. The topological polar surface area (TPSA) is 0 Å². The summed E-state index contributed by atoms with van der Waals surface area (Å²) < 4.78 is 0. The standard InChI is InChI=1S/C11H10S.C2H6/c1-9-7-12-8-11(9)10-5-3-2-4-6-10;1-2/h2-8H,1H3;1-2H3. The summed E-state index contributed by atoms with van der Waals surface area (Å²) in [5, 5.41) is 4.38. The van der Waals surface area contributed by atoms with Crippen molar-refractivity contribution in [3.8, 4) is 11.1 Å². The van der Waals surface area contributed by atoms with Gasteiger partial charge in [0.1, 0.15) is 0 Å². The minimum absolute atomic E-state index is 1.32. The van der Waals surface area contributed by atoms with Crippen LogP contribution in [0.1, 0.15) is 19.4 Å². The van der Waals surface area contributed by atoms with Crippen LogP contribution in [-0.2, 0) is 0 Å². The monoisotopic (exact) mass is 204 g/mol. The quantitative estimate of drug-likeness (QED) is 0.629. The van der Waals surface area contributed by atoms with Crippen LogP contribution in [0.4, 0.5) is 0 Å². The van der Waals surface area contributed by atoms with Crippen molar-refractivity contribution >= 4 is 11.3 Å². The molecule has 2 rings (SSSR count). The van der Waals surface area contributed by atoms with Crippen LogP contribution in [0.15, 0.2) is 41.1 Å². The van der Waals surface area contributed by atoms with Crippen molar-refractivity contribution in [3.05, 3.63) is 46.7 Å². The van der Waals surface area contributed by atoms with Gasteiger partial charge >= 0.3 is 0 Å². The van der Waals surface area contributed by atoms with Crippen molar-refractivity contribution < 1.29 is 0 Å². The zero-order chi connectivity index (χ0) is 10.4. The predicted octanol–water partition coefficient (Wildman–Crippen LogP) is 4.75. The third kappa shape index (κ3) is 2.46. The summed E-state index contributed by atoms with van der Waals surface area (Å²) in [7, 11) is 0. The molecule has 0 N–H and O–H groups in total. The lowest BCUT2D eigenvalue weighted by Crippen LogP contribution is -1.74. The van der Waals surface area contributed by atoms with Crippen molar-refractivity contribution in [2.24, 2.45) is 0 Å². The Bertz CT molecular complexity index is 360. The van der Waals surface area contributed by atoms with E-state index in [1.54, 1.807) is 11.3 Å². The van der Waals surface area contributed by atoms with Gasteiger partial charge in [0, 0.05) is 0 Å². The van der Waals surface area contributed by atoms with Gasteiger partial charge < -0.3 is 0 Å². The number of thiophene rings is 1. The van der Waals surface area contributed by atoms with Gasteiger partial charge in [0.05, 0.1) is 0 Å². The van der Waals surface area contributed by atoms with E-state index in [2.05, 4.69) is 41.9 Å². The molecule has 1 aromatic carbocycles. The van der Waals surface area contributed by atoms with Crippen molar-refractivity contribution in [1.29, 1.82) is 0 Å². The third-order valence-electron chi connectivity index (χ3n) is 1.94. The van der Waals surface area contributed by atoms with E-state index in [-0.39, 0.29) is 0 Å². The van der Waals surface area contributed by atoms with Gasteiger partial charge in [-0.15, -0.1) is 0 Å². The summed E-state index contributed by atoms with van der Waals surface area (Å²) in [5.41, 5.74) is 4.04. The lowest BCUT2D eigenvalue weighted by molar-refractivity contribution is 1.50. The summed E-state index contributed by atoms with van der Waals surface area (Å²) in [5.74, 6) is 0. The fourth-order valence-corrected chi connectivity index (χ4v) is 2.13. The van der Waals surface area contributed by atoms with Gasteiger partial charge in [0.2, 0.25) is 0 Å². The highest BCUT2D eigenvalue weighted by Crippen LogP contribution is 2.25. The molecule has 1 heterocycles. The van der Waals surface area contributed by atoms with Crippen LogP contribution in [0.25, 0.3) is 11.1 Å². The van der Waals surface area contributed by atoms with Crippen LogP contribution in [0.5, 0.6) is 0 Å². The Kier molecular flexibility index (Phi) is 4.41. The van der Waals surface area contributed by atoms with E-state index in [1.807, 2.05) is 19.9 Å². The number of hydrogen-bond donors (Lipinski definition) is 0. The molecule has 0 saturated carbocycles. The fourth-order valence-electron chi connectivity index (χ4n) is 1.27. The van der Waals surface area contributed by atoms with Crippen molar-refractivity contribution in [1.82, 2.24) is 0 Å². The maximum Gasteiger partial charge on any atom is -0.00120 e. The molecule has 0 fully saturated rings. The van der Waals surface area contributed by atoms with Crippen molar-refractivity contribution in [2.75, 3.05) is 0 Å². The first-order chi connectivity index (χ1) is 6.88. The molecule has 0 aliphatic rings. The summed E-state index contributed by atoms with van der Waals surface area (Å²) in [4.78, 5) is 0. The first-order valence-electron chi connectivity index (χ1n) is 4.96. The largest absolute Gasteiger partial charge is 0.151 e. The van der Waals surface area contributed by atoms with Gasteiger partial charge in [-0.25, -0.2) is 0 Å². The number of rotatable bonds is 1. The first kappa shape index (κ1) is 11.0. The highest BCUT2D eigenvalue weighted by molar-refractivity contribution is 7.08. The van der Waals surface area contributed by atoms with E-state index in [4.69, 9.17) is 0 Å². The minimum atomic E-state index is 1.32. The second kappa shape index (κ2) is 5.61. The van der Waals surface area contributed by atoms with E-state index in [0.29, 0.717) is 0 Å². The Labute approximate surface area is 90.2 Å². The van der Waals surface area contributed by atoms with Crippen LogP contribution >= 0.6 is 11.3 Å². The van der Waals surface area contributed by atoms with Crippen LogP contribution in [-0.4, -0.2) is 0 Å². The summed E-state index contributed by atoms with van der Waals surface area (Å²) in [6, 6.07) is 10.5. The molecule has 0 aliphatic heterocycles. The molecule has 0 unspecified atom stereocenters. The molecule has 0 saturated heterocycles. The Morgan fingerprint density at radius 3 is 2.07 bits per heavy atom. The van der Waals surface area contributed by atoms with Crippen molar-refractivity contribution in [3.63, 3.8) is 0 Å². The smallest absolute Gasteiger partial charge is 0.00120 e.